The zero-order valence-corrected chi connectivity index (χ0v) is 19.3. The number of aliphatic imine (C=N–C) groups is 1. The standard InChI is InChI=1S/C21H38N4O3S/c1-6-22-21(25-18(4)9-7-8-17(2)3)23-16-19-10-12-20(13-11-19)29(26,27)24-14-15-28-5/h10-13,17-18,24H,6-9,14-16H2,1-5H3,(H2,22,23,25). The first-order valence-electron chi connectivity index (χ1n) is 10.4. The molecule has 0 heterocycles. The topological polar surface area (TPSA) is 91.8 Å². The molecule has 1 unspecified atom stereocenters. The van der Waals surface area contributed by atoms with Crippen molar-refractivity contribution in [3.63, 3.8) is 0 Å². The highest BCUT2D eigenvalue weighted by atomic mass is 32.2. The molecule has 0 fully saturated rings. The highest BCUT2D eigenvalue weighted by molar-refractivity contribution is 7.89. The quantitative estimate of drug-likeness (QED) is 0.256. The molecule has 0 aliphatic rings. The first-order valence-corrected chi connectivity index (χ1v) is 11.9. The summed E-state index contributed by atoms with van der Waals surface area (Å²) in [6.45, 7) is 10.5. The fourth-order valence-corrected chi connectivity index (χ4v) is 3.78. The maximum Gasteiger partial charge on any atom is 0.240 e. The number of guanidine groups is 1. The lowest BCUT2D eigenvalue weighted by Gasteiger charge is -2.18. The summed E-state index contributed by atoms with van der Waals surface area (Å²) in [6, 6.07) is 7.15. The van der Waals surface area contributed by atoms with Crippen LogP contribution in [-0.4, -0.2) is 47.2 Å². The Morgan fingerprint density at radius 3 is 2.41 bits per heavy atom. The van der Waals surface area contributed by atoms with E-state index in [0.29, 0.717) is 19.2 Å². The largest absolute Gasteiger partial charge is 0.383 e. The summed E-state index contributed by atoms with van der Waals surface area (Å²) >= 11 is 0. The van der Waals surface area contributed by atoms with E-state index in [1.165, 1.54) is 20.0 Å². The molecule has 8 heteroatoms. The molecule has 0 bridgehead atoms. The lowest BCUT2D eigenvalue weighted by Crippen LogP contribution is -2.42. The molecule has 3 N–H and O–H groups in total. The summed E-state index contributed by atoms with van der Waals surface area (Å²) in [5.74, 6) is 1.51. The van der Waals surface area contributed by atoms with Gasteiger partial charge in [-0.2, -0.15) is 0 Å². The molecule has 1 atom stereocenters. The highest BCUT2D eigenvalue weighted by Gasteiger charge is 2.13. The summed E-state index contributed by atoms with van der Waals surface area (Å²) in [6.07, 6.45) is 3.53. The molecule has 166 valence electrons. The van der Waals surface area contributed by atoms with Crippen molar-refractivity contribution in [2.75, 3.05) is 26.8 Å². The molecule has 1 rings (SSSR count). The fourth-order valence-electron chi connectivity index (χ4n) is 2.76. The average molecular weight is 427 g/mol. The Hall–Kier alpha value is -1.64. The minimum absolute atomic E-state index is 0.241. The van der Waals surface area contributed by atoms with Crippen LogP contribution in [0, 0.1) is 5.92 Å². The lowest BCUT2D eigenvalue weighted by atomic mass is 10.0. The van der Waals surface area contributed by atoms with Crippen molar-refractivity contribution in [3.05, 3.63) is 29.8 Å². The van der Waals surface area contributed by atoms with Gasteiger partial charge in [0.1, 0.15) is 0 Å². The van der Waals surface area contributed by atoms with Crippen LogP contribution < -0.4 is 15.4 Å². The Labute approximate surface area is 176 Å². The molecule has 0 saturated heterocycles. The number of ether oxygens (including phenoxy) is 1. The molecule has 0 aliphatic carbocycles. The van der Waals surface area contributed by atoms with Gasteiger partial charge in [0, 0.05) is 26.2 Å². The van der Waals surface area contributed by atoms with Gasteiger partial charge in [-0.25, -0.2) is 18.1 Å². The van der Waals surface area contributed by atoms with Crippen LogP contribution in [0.3, 0.4) is 0 Å². The maximum absolute atomic E-state index is 12.2. The molecule has 0 aromatic heterocycles. The predicted octanol–water partition coefficient (Wildman–Crippen LogP) is 2.88. The van der Waals surface area contributed by atoms with Gasteiger partial charge in [0.15, 0.2) is 5.96 Å². The van der Waals surface area contributed by atoms with Crippen LogP contribution in [0.25, 0.3) is 0 Å². The predicted molar refractivity (Wildman–Crippen MR) is 120 cm³/mol. The van der Waals surface area contributed by atoms with Crippen molar-refractivity contribution in [1.29, 1.82) is 0 Å². The van der Waals surface area contributed by atoms with Crippen LogP contribution in [0.15, 0.2) is 34.2 Å². The molecule has 7 nitrogen and oxygen atoms in total. The molecular weight excluding hydrogens is 388 g/mol. The first-order chi connectivity index (χ1) is 13.8. The van der Waals surface area contributed by atoms with E-state index in [1.54, 1.807) is 24.3 Å². The third-order valence-corrected chi connectivity index (χ3v) is 5.87. The summed E-state index contributed by atoms with van der Waals surface area (Å²) in [4.78, 5) is 4.87. The van der Waals surface area contributed by atoms with Crippen molar-refractivity contribution in [2.45, 2.75) is 64.4 Å². The first kappa shape index (κ1) is 25.4. The molecule has 0 aliphatic heterocycles. The monoisotopic (exact) mass is 426 g/mol. The van der Waals surface area contributed by atoms with E-state index in [-0.39, 0.29) is 11.4 Å². The minimum Gasteiger partial charge on any atom is -0.383 e. The molecule has 1 aromatic carbocycles. The van der Waals surface area contributed by atoms with Crippen molar-refractivity contribution in [1.82, 2.24) is 15.4 Å². The summed E-state index contributed by atoms with van der Waals surface area (Å²) in [5, 5.41) is 6.72. The third-order valence-electron chi connectivity index (χ3n) is 4.40. The van der Waals surface area contributed by atoms with E-state index < -0.39 is 10.0 Å². The van der Waals surface area contributed by atoms with E-state index in [0.717, 1.165) is 30.4 Å². The van der Waals surface area contributed by atoms with E-state index in [4.69, 9.17) is 4.74 Å². The normalized spacial score (nSPS) is 13.5. The zero-order valence-electron chi connectivity index (χ0n) is 18.5. The Bertz CT molecular complexity index is 703. The second-order valence-electron chi connectivity index (χ2n) is 7.60. The molecule has 0 spiro atoms. The Morgan fingerprint density at radius 1 is 1.14 bits per heavy atom. The lowest BCUT2D eigenvalue weighted by molar-refractivity contribution is 0.204. The van der Waals surface area contributed by atoms with Crippen LogP contribution in [0.1, 0.15) is 52.5 Å². The van der Waals surface area contributed by atoms with Gasteiger partial charge < -0.3 is 15.4 Å². The van der Waals surface area contributed by atoms with Gasteiger partial charge in [0.25, 0.3) is 0 Å². The number of rotatable bonds is 13. The zero-order chi connectivity index (χ0) is 21.7. The number of hydrogen-bond acceptors (Lipinski definition) is 4. The van der Waals surface area contributed by atoms with Crippen molar-refractivity contribution in [3.8, 4) is 0 Å². The molecular formula is C21H38N4O3S. The van der Waals surface area contributed by atoms with Gasteiger partial charge >= 0.3 is 0 Å². The van der Waals surface area contributed by atoms with Crippen molar-refractivity contribution in [2.24, 2.45) is 10.9 Å². The van der Waals surface area contributed by atoms with Crippen molar-refractivity contribution >= 4 is 16.0 Å². The average Bonchev–Trinajstić information content (AvgIpc) is 2.66. The summed E-state index contributed by atoms with van der Waals surface area (Å²) in [5.41, 5.74) is 0.950. The maximum atomic E-state index is 12.2. The molecule has 0 radical (unpaired) electrons. The van der Waals surface area contributed by atoms with Gasteiger partial charge in [-0.1, -0.05) is 38.8 Å². The summed E-state index contributed by atoms with van der Waals surface area (Å²) in [7, 11) is -1.98. The Morgan fingerprint density at radius 2 is 1.83 bits per heavy atom. The number of hydrogen-bond donors (Lipinski definition) is 3. The van der Waals surface area contributed by atoms with Crippen LogP contribution in [0.5, 0.6) is 0 Å². The number of methoxy groups -OCH3 is 1. The van der Waals surface area contributed by atoms with Crippen LogP contribution >= 0.6 is 0 Å². The van der Waals surface area contributed by atoms with E-state index in [2.05, 4.69) is 41.1 Å². The van der Waals surface area contributed by atoms with Gasteiger partial charge in [-0.05, 0) is 43.9 Å². The molecule has 29 heavy (non-hydrogen) atoms. The van der Waals surface area contributed by atoms with Crippen molar-refractivity contribution < 1.29 is 13.2 Å². The Balaban J connectivity index is 2.65. The van der Waals surface area contributed by atoms with Gasteiger partial charge in [0.2, 0.25) is 10.0 Å². The fraction of sp³-hybridized carbons (Fsp3) is 0.667. The molecule has 0 saturated carbocycles. The van der Waals surface area contributed by atoms with E-state index >= 15 is 0 Å². The molecule has 1 aromatic rings. The highest BCUT2D eigenvalue weighted by Crippen LogP contribution is 2.11. The third kappa shape index (κ3) is 10.6. The second kappa shape index (κ2) is 13.6. The van der Waals surface area contributed by atoms with E-state index in [1.807, 2.05) is 6.92 Å². The number of benzene rings is 1. The van der Waals surface area contributed by atoms with Gasteiger partial charge in [-0.15, -0.1) is 0 Å². The second-order valence-corrected chi connectivity index (χ2v) is 9.37. The minimum atomic E-state index is -3.51. The number of nitrogens with one attached hydrogen (secondary N) is 3. The van der Waals surface area contributed by atoms with Gasteiger partial charge in [-0.3, -0.25) is 0 Å². The molecule has 0 amide bonds. The smallest absolute Gasteiger partial charge is 0.240 e. The SMILES string of the molecule is CCNC(=NCc1ccc(S(=O)(=O)NCCOC)cc1)NC(C)CCCC(C)C. The van der Waals surface area contributed by atoms with Crippen LogP contribution in [0.4, 0.5) is 0 Å². The van der Waals surface area contributed by atoms with Crippen LogP contribution in [0.2, 0.25) is 0 Å². The summed E-state index contributed by atoms with van der Waals surface area (Å²) < 4.78 is 31.8. The van der Waals surface area contributed by atoms with E-state index in [9.17, 15) is 8.42 Å². The van der Waals surface area contributed by atoms with Gasteiger partial charge in [0.05, 0.1) is 18.0 Å². The number of sulfonamides is 1. The number of nitrogens with zero attached hydrogens (tertiary/aromatic N) is 1. The Kier molecular flexibility index (Phi) is 11.9. The van der Waals surface area contributed by atoms with Crippen LogP contribution in [-0.2, 0) is 21.3 Å².